The Morgan fingerprint density at radius 1 is 1.21 bits per heavy atom. The molecule has 1 aromatic carbocycles. The van der Waals surface area contributed by atoms with Gasteiger partial charge < -0.3 is 9.84 Å². The van der Waals surface area contributed by atoms with Crippen LogP contribution in [0.5, 0.6) is 5.75 Å². The normalized spacial score (nSPS) is 43.5. The van der Waals surface area contributed by atoms with Gasteiger partial charge in [0.25, 0.3) is 0 Å². The average Bonchev–Trinajstić information content (AvgIpc) is 3.09. The van der Waals surface area contributed by atoms with Crippen LogP contribution in [0.3, 0.4) is 0 Å². The van der Waals surface area contributed by atoms with E-state index in [0.29, 0.717) is 5.92 Å². The molecule has 3 aliphatic rings. The second-order valence-electron chi connectivity index (χ2n) is 6.69. The second kappa shape index (κ2) is 3.99. The summed E-state index contributed by atoms with van der Waals surface area (Å²) in [7, 11) is 1.70. The third-order valence-electron chi connectivity index (χ3n) is 6.06. The highest BCUT2D eigenvalue weighted by molar-refractivity contribution is 5.40. The third-order valence-corrected chi connectivity index (χ3v) is 6.06. The van der Waals surface area contributed by atoms with Gasteiger partial charge in [-0.1, -0.05) is 24.6 Å². The first-order chi connectivity index (χ1) is 9.24. The maximum Gasteiger partial charge on any atom is 0.124 e. The standard InChI is InChI=1S/C17H22O2/c1-19-16-8-3-2-7-14(16)17(18)10-11-9-15(17)13-6-4-5-12(11)13/h2-3,7-8,11-13,15,18H,4-6,9-10H2,1H3. The summed E-state index contributed by atoms with van der Waals surface area (Å²) >= 11 is 0. The van der Waals surface area contributed by atoms with Crippen LogP contribution in [0.1, 0.15) is 37.7 Å². The molecule has 0 radical (unpaired) electrons. The SMILES string of the molecule is COc1ccccc1C1(O)CC2CC1C1CCCC21. The first kappa shape index (κ1) is 11.8. The maximum absolute atomic E-state index is 11.3. The minimum absolute atomic E-state index is 0.460. The Morgan fingerprint density at radius 3 is 2.84 bits per heavy atom. The number of ether oxygens (including phenoxy) is 1. The summed E-state index contributed by atoms with van der Waals surface area (Å²) < 4.78 is 5.48. The van der Waals surface area contributed by atoms with E-state index in [9.17, 15) is 5.11 Å². The van der Waals surface area contributed by atoms with Crippen molar-refractivity contribution in [3.8, 4) is 5.75 Å². The molecule has 2 nitrogen and oxygen atoms in total. The van der Waals surface area contributed by atoms with Crippen molar-refractivity contribution in [2.24, 2.45) is 23.7 Å². The van der Waals surface area contributed by atoms with E-state index in [1.54, 1.807) is 7.11 Å². The van der Waals surface area contributed by atoms with Crippen LogP contribution in [0.2, 0.25) is 0 Å². The molecule has 4 rings (SSSR count). The molecule has 0 amide bonds. The molecule has 2 heteroatoms. The quantitative estimate of drug-likeness (QED) is 0.881. The van der Waals surface area contributed by atoms with E-state index in [-0.39, 0.29) is 0 Å². The van der Waals surface area contributed by atoms with Crippen LogP contribution in [0.25, 0.3) is 0 Å². The number of hydrogen-bond acceptors (Lipinski definition) is 2. The monoisotopic (exact) mass is 258 g/mol. The van der Waals surface area contributed by atoms with Crippen molar-refractivity contribution in [2.75, 3.05) is 7.11 Å². The topological polar surface area (TPSA) is 29.5 Å². The molecule has 5 atom stereocenters. The highest BCUT2D eigenvalue weighted by atomic mass is 16.5. The zero-order chi connectivity index (χ0) is 13.0. The molecule has 1 N–H and O–H groups in total. The van der Waals surface area contributed by atoms with Gasteiger partial charge in [-0.25, -0.2) is 0 Å². The number of hydrogen-bond donors (Lipinski definition) is 1. The predicted molar refractivity (Wildman–Crippen MR) is 73.9 cm³/mol. The Hall–Kier alpha value is -1.02. The lowest BCUT2D eigenvalue weighted by Gasteiger charge is -2.39. The Balaban J connectivity index is 1.75. The number of rotatable bonds is 2. The van der Waals surface area contributed by atoms with Gasteiger partial charge in [0.15, 0.2) is 0 Å². The Morgan fingerprint density at radius 2 is 2.00 bits per heavy atom. The van der Waals surface area contributed by atoms with Crippen LogP contribution in [0, 0.1) is 23.7 Å². The molecular formula is C17H22O2. The Kier molecular flexibility index (Phi) is 2.47. The van der Waals surface area contributed by atoms with Crippen molar-refractivity contribution in [1.29, 1.82) is 0 Å². The van der Waals surface area contributed by atoms with Gasteiger partial charge in [-0.2, -0.15) is 0 Å². The average molecular weight is 258 g/mol. The molecule has 3 fully saturated rings. The van der Waals surface area contributed by atoms with Gasteiger partial charge in [-0.15, -0.1) is 0 Å². The van der Waals surface area contributed by atoms with Crippen LogP contribution >= 0.6 is 0 Å². The Labute approximate surface area is 114 Å². The minimum atomic E-state index is -0.636. The number of fused-ring (bicyclic) bond motifs is 5. The zero-order valence-electron chi connectivity index (χ0n) is 11.5. The van der Waals surface area contributed by atoms with Gasteiger partial charge in [0.2, 0.25) is 0 Å². The molecular weight excluding hydrogens is 236 g/mol. The lowest BCUT2D eigenvalue weighted by atomic mass is 9.70. The minimum Gasteiger partial charge on any atom is -0.496 e. The summed E-state index contributed by atoms with van der Waals surface area (Å²) in [6.07, 6.45) is 6.25. The maximum atomic E-state index is 11.3. The molecule has 3 aliphatic carbocycles. The van der Waals surface area contributed by atoms with E-state index >= 15 is 0 Å². The first-order valence-corrected chi connectivity index (χ1v) is 7.60. The highest BCUT2D eigenvalue weighted by Crippen LogP contribution is 2.65. The fourth-order valence-corrected chi connectivity index (χ4v) is 5.42. The van der Waals surface area contributed by atoms with Crippen molar-refractivity contribution >= 4 is 0 Å². The van der Waals surface area contributed by atoms with E-state index < -0.39 is 5.60 Å². The van der Waals surface area contributed by atoms with Gasteiger partial charge in [0.05, 0.1) is 12.7 Å². The molecule has 102 valence electrons. The third kappa shape index (κ3) is 1.47. The molecule has 0 aliphatic heterocycles. The van der Waals surface area contributed by atoms with Crippen LogP contribution in [0.15, 0.2) is 24.3 Å². The Bertz CT molecular complexity index is 498. The van der Waals surface area contributed by atoms with Gasteiger partial charge in [-0.05, 0) is 55.4 Å². The number of methoxy groups -OCH3 is 1. The highest BCUT2D eigenvalue weighted by Gasteiger charge is 2.61. The second-order valence-corrected chi connectivity index (χ2v) is 6.69. The van der Waals surface area contributed by atoms with Crippen LogP contribution in [0.4, 0.5) is 0 Å². The van der Waals surface area contributed by atoms with E-state index in [4.69, 9.17) is 4.74 Å². The molecule has 2 bridgehead atoms. The van der Waals surface area contributed by atoms with Crippen LogP contribution in [-0.4, -0.2) is 12.2 Å². The van der Waals surface area contributed by atoms with Crippen molar-refractivity contribution < 1.29 is 9.84 Å². The molecule has 0 saturated heterocycles. The summed E-state index contributed by atoms with van der Waals surface area (Å²) in [6, 6.07) is 8.04. The van der Waals surface area contributed by atoms with E-state index in [0.717, 1.165) is 35.5 Å². The summed E-state index contributed by atoms with van der Waals surface area (Å²) in [5.41, 5.74) is 0.387. The van der Waals surface area contributed by atoms with Gasteiger partial charge in [0.1, 0.15) is 5.75 Å². The summed E-state index contributed by atoms with van der Waals surface area (Å²) in [6.45, 7) is 0. The van der Waals surface area contributed by atoms with E-state index in [2.05, 4.69) is 6.07 Å². The summed E-state index contributed by atoms with van der Waals surface area (Å²) in [5, 5.41) is 11.3. The number of aliphatic hydroxyl groups is 1. The lowest BCUT2D eigenvalue weighted by Crippen LogP contribution is -2.39. The zero-order valence-corrected chi connectivity index (χ0v) is 11.5. The van der Waals surface area contributed by atoms with Gasteiger partial charge >= 0.3 is 0 Å². The molecule has 1 aromatic rings. The summed E-state index contributed by atoms with van der Waals surface area (Å²) in [4.78, 5) is 0. The van der Waals surface area contributed by atoms with Gasteiger partial charge in [-0.3, -0.25) is 0 Å². The largest absolute Gasteiger partial charge is 0.496 e. The van der Waals surface area contributed by atoms with Crippen molar-refractivity contribution in [1.82, 2.24) is 0 Å². The molecule has 19 heavy (non-hydrogen) atoms. The number of para-hydroxylation sites is 1. The fourth-order valence-electron chi connectivity index (χ4n) is 5.42. The van der Waals surface area contributed by atoms with Crippen LogP contribution in [-0.2, 0) is 5.60 Å². The predicted octanol–water partition coefficient (Wildman–Crippen LogP) is 3.34. The summed E-state index contributed by atoms with van der Waals surface area (Å²) in [5.74, 6) is 3.72. The van der Waals surface area contributed by atoms with Crippen molar-refractivity contribution in [3.63, 3.8) is 0 Å². The van der Waals surface area contributed by atoms with E-state index in [1.165, 1.54) is 25.7 Å². The molecule has 0 aromatic heterocycles. The lowest BCUT2D eigenvalue weighted by molar-refractivity contribution is -0.0526. The van der Waals surface area contributed by atoms with Crippen LogP contribution < -0.4 is 4.74 Å². The molecule has 0 heterocycles. The van der Waals surface area contributed by atoms with Gasteiger partial charge in [0, 0.05) is 5.56 Å². The van der Waals surface area contributed by atoms with E-state index in [1.807, 2.05) is 18.2 Å². The first-order valence-electron chi connectivity index (χ1n) is 7.60. The van der Waals surface area contributed by atoms with Crippen molar-refractivity contribution in [3.05, 3.63) is 29.8 Å². The van der Waals surface area contributed by atoms with Crippen molar-refractivity contribution in [2.45, 2.75) is 37.7 Å². The molecule has 3 saturated carbocycles. The smallest absolute Gasteiger partial charge is 0.124 e. The molecule has 5 unspecified atom stereocenters. The number of benzene rings is 1. The molecule has 0 spiro atoms. The fraction of sp³-hybridized carbons (Fsp3) is 0.647.